The number of hydrogen-bond acceptors (Lipinski definition) is 3. The van der Waals surface area contributed by atoms with Crippen molar-refractivity contribution in [3.63, 3.8) is 0 Å². The molecule has 2 N–H and O–H groups in total. The number of rotatable bonds is 6. The zero-order valence-electron chi connectivity index (χ0n) is 12.7. The normalized spacial score (nSPS) is 14.1. The molecule has 0 aliphatic carbocycles. The van der Waals surface area contributed by atoms with Crippen molar-refractivity contribution in [1.82, 2.24) is 15.1 Å². The van der Waals surface area contributed by atoms with Crippen molar-refractivity contribution in [3.05, 3.63) is 66.5 Å². The number of hydrogen-bond donors (Lipinski definition) is 2. The molecule has 1 aromatic heterocycles. The van der Waals surface area contributed by atoms with E-state index < -0.39 is 6.10 Å². The summed E-state index contributed by atoms with van der Waals surface area (Å²) in [6.45, 7) is 3.16. The fourth-order valence-corrected chi connectivity index (χ4v) is 2.60. The summed E-state index contributed by atoms with van der Waals surface area (Å²) < 4.78 is 1.74. The van der Waals surface area contributed by atoms with Gasteiger partial charge in [0.1, 0.15) is 0 Å². The molecule has 0 aliphatic rings. The van der Waals surface area contributed by atoms with Crippen LogP contribution in [0.1, 0.15) is 18.5 Å². The minimum absolute atomic E-state index is 0.192. The first-order valence-corrected chi connectivity index (χ1v) is 7.60. The maximum absolute atomic E-state index is 10.1. The minimum Gasteiger partial charge on any atom is -0.390 e. The van der Waals surface area contributed by atoms with Gasteiger partial charge in [0.15, 0.2) is 0 Å². The molecule has 0 aliphatic heterocycles. The molecular weight excluding hydrogens is 274 g/mol. The first-order valence-electron chi connectivity index (χ1n) is 7.60. The number of nitrogens with zero attached hydrogens (tertiary/aromatic N) is 2. The fourth-order valence-electron chi connectivity index (χ4n) is 2.60. The molecule has 0 amide bonds. The zero-order chi connectivity index (χ0) is 15.4. The minimum atomic E-state index is -0.456. The van der Waals surface area contributed by atoms with E-state index in [-0.39, 0.29) is 6.04 Å². The summed E-state index contributed by atoms with van der Waals surface area (Å²) in [6.07, 6.45) is 3.12. The van der Waals surface area contributed by atoms with Gasteiger partial charge in [-0.05, 0) is 35.4 Å². The molecule has 1 heterocycles. The van der Waals surface area contributed by atoms with E-state index in [1.54, 1.807) is 10.9 Å². The molecule has 22 heavy (non-hydrogen) atoms. The highest BCUT2D eigenvalue weighted by molar-refractivity contribution is 5.83. The van der Waals surface area contributed by atoms with Gasteiger partial charge < -0.3 is 10.4 Å². The average Bonchev–Trinajstić information content (AvgIpc) is 3.05. The largest absolute Gasteiger partial charge is 0.390 e. The highest BCUT2D eigenvalue weighted by Crippen LogP contribution is 2.20. The first-order chi connectivity index (χ1) is 10.7. The molecule has 2 aromatic carbocycles. The number of aliphatic hydroxyl groups is 1. The summed E-state index contributed by atoms with van der Waals surface area (Å²) in [7, 11) is 0. The molecule has 114 valence electrons. The van der Waals surface area contributed by atoms with Crippen LogP contribution in [0.3, 0.4) is 0 Å². The second-order valence-corrected chi connectivity index (χ2v) is 5.62. The molecule has 0 unspecified atom stereocenters. The molecular formula is C18H21N3O. The smallest absolute Gasteiger partial charge is 0.0860 e. The SMILES string of the molecule is C[C@H](NC[C@H](O)Cn1cccn1)c1ccc2ccccc2c1. The van der Waals surface area contributed by atoms with Gasteiger partial charge in [-0.15, -0.1) is 0 Å². The Morgan fingerprint density at radius 2 is 1.95 bits per heavy atom. The van der Waals surface area contributed by atoms with E-state index >= 15 is 0 Å². The Morgan fingerprint density at radius 1 is 1.14 bits per heavy atom. The number of aliphatic hydroxyl groups excluding tert-OH is 1. The summed E-state index contributed by atoms with van der Waals surface area (Å²) in [5.74, 6) is 0. The maximum Gasteiger partial charge on any atom is 0.0860 e. The Balaban J connectivity index is 1.59. The lowest BCUT2D eigenvalue weighted by molar-refractivity contribution is 0.143. The van der Waals surface area contributed by atoms with E-state index in [4.69, 9.17) is 0 Å². The van der Waals surface area contributed by atoms with Gasteiger partial charge in [-0.1, -0.05) is 36.4 Å². The molecule has 0 radical (unpaired) electrons. The van der Waals surface area contributed by atoms with Crippen molar-refractivity contribution >= 4 is 10.8 Å². The topological polar surface area (TPSA) is 50.1 Å². The zero-order valence-corrected chi connectivity index (χ0v) is 12.7. The van der Waals surface area contributed by atoms with Crippen LogP contribution in [0.15, 0.2) is 60.9 Å². The Hall–Kier alpha value is -2.17. The second-order valence-electron chi connectivity index (χ2n) is 5.62. The van der Waals surface area contributed by atoms with Gasteiger partial charge in [0.2, 0.25) is 0 Å². The van der Waals surface area contributed by atoms with Gasteiger partial charge in [-0.3, -0.25) is 4.68 Å². The Labute approximate surface area is 130 Å². The maximum atomic E-state index is 10.1. The third kappa shape index (κ3) is 3.53. The molecule has 4 heteroatoms. The van der Waals surface area contributed by atoms with E-state index in [1.165, 1.54) is 16.3 Å². The van der Waals surface area contributed by atoms with Crippen molar-refractivity contribution in [3.8, 4) is 0 Å². The average molecular weight is 295 g/mol. The summed E-state index contributed by atoms with van der Waals surface area (Å²) in [5, 5.41) is 20.0. The molecule has 0 saturated carbocycles. The molecule has 3 aromatic rings. The van der Waals surface area contributed by atoms with E-state index in [2.05, 4.69) is 59.8 Å². The molecule has 0 bridgehead atoms. The van der Waals surface area contributed by atoms with Crippen molar-refractivity contribution < 1.29 is 5.11 Å². The van der Waals surface area contributed by atoms with E-state index in [1.807, 2.05) is 12.3 Å². The molecule has 0 saturated heterocycles. The Kier molecular flexibility index (Phi) is 4.51. The third-order valence-electron chi connectivity index (χ3n) is 3.89. The Bertz CT molecular complexity index is 724. The highest BCUT2D eigenvalue weighted by atomic mass is 16.3. The highest BCUT2D eigenvalue weighted by Gasteiger charge is 2.10. The van der Waals surface area contributed by atoms with Crippen LogP contribution in [0.5, 0.6) is 0 Å². The van der Waals surface area contributed by atoms with Crippen molar-refractivity contribution in [2.75, 3.05) is 6.54 Å². The summed E-state index contributed by atoms with van der Waals surface area (Å²) in [5.41, 5.74) is 1.23. The molecule has 0 spiro atoms. The predicted molar refractivity (Wildman–Crippen MR) is 88.6 cm³/mol. The fraction of sp³-hybridized carbons (Fsp3) is 0.278. The van der Waals surface area contributed by atoms with Crippen LogP contribution in [0.25, 0.3) is 10.8 Å². The van der Waals surface area contributed by atoms with Crippen LogP contribution in [-0.2, 0) is 6.54 Å². The predicted octanol–water partition coefficient (Wildman–Crippen LogP) is 2.75. The van der Waals surface area contributed by atoms with E-state index in [0.29, 0.717) is 13.1 Å². The van der Waals surface area contributed by atoms with Gasteiger partial charge >= 0.3 is 0 Å². The number of aromatic nitrogens is 2. The first kappa shape index (κ1) is 14.8. The van der Waals surface area contributed by atoms with Crippen LogP contribution >= 0.6 is 0 Å². The van der Waals surface area contributed by atoms with Crippen molar-refractivity contribution in [2.45, 2.75) is 25.6 Å². The summed E-state index contributed by atoms with van der Waals surface area (Å²) in [4.78, 5) is 0. The van der Waals surface area contributed by atoms with Gasteiger partial charge in [-0.2, -0.15) is 5.10 Å². The quantitative estimate of drug-likeness (QED) is 0.735. The lowest BCUT2D eigenvalue weighted by Gasteiger charge is -2.18. The molecule has 4 nitrogen and oxygen atoms in total. The van der Waals surface area contributed by atoms with Crippen LogP contribution in [-0.4, -0.2) is 27.5 Å². The lowest BCUT2D eigenvalue weighted by atomic mass is 10.0. The van der Waals surface area contributed by atoms with Crippen LogP contribution in [0.2, 0.25) is 0 Å². The van der Waals surface area contributed by atoms with E-state index in [0.717, 1.165) is 0 Å². The lowest BCUT2D eigenvalue weighted by Crippen LogP contribution is -2.32. The summed E-state index contributed by atoms with van der Waals surface area (Å²) >= 11 is 0. The number of nitrogens with one attached hydrogen (secondary N) is 1. The second kappa shape index (κ2) is 6.73. The van der Waals surface area contributed by atoms with E-state index in [9.17, 15) is 5.11 Å². The summed E-state index contributed by atoms with van der Waals surface area (Å²) in [6, 6.07) is 16.9. The van der Waals surface area contributed by atoms with Crippen LogP contribution in [0.4, 0.5) is 0 Å². The van der Waals surface area contributed by atoms with Gasteiger partial charge in [0, 0.05) is 25.0 Å². The van der Waals surface area contributed by atoms with Gasteiger partial charge in [0.25, 0.3) is 0 Å². The van der Waals surface area contributed by atoms with Crippen LogP contribution < -0.4 is 5.32 Å². The van der Waals surface area contributed by atoms with Crippen molar-refractivity contribution in [1.29, 1.82) is 0 Å². The molecule has 0 fully saturated rings. The molecule has 3 rings (SSSR count). The van der Waals surface area contributed by atoms with Gasteiger partial charge in [-0.25, -0.2) is 0 Å². The standard InChI is InChI=1S/C18H21N3O/c1-14(19-12-18(22)13-21-10-4-9-20-21)16-8-7-15-5-2-3-6-17(15)11-16/h2-11,14,18-19,22H,12-13H2,1H3/t14-,18-/m0/s1. The van der Waals surface area contributed by atoms with Crippen molar-refractivity contribution in [2.24, 2.45) is 0 Å². The Morgan fingerprint density at radius 3 is 2.73 bits per heavy atom. The number of fused-ring (bicyclic) bond motifs is 1. The monoisotopic (exact) mass is 295 g/mol. The van der Waals surface area contributed by atoms with Gasteiger partial charge in [0.05, 0.1) is 12.6 Å². The molecule has 2 atom stereocenters. The number of benzene rings is 2. The third-order valence-corrected chi connectivity index (χ3v) is 3.89. The van der Waals surface area contributed by atoms with Crippen LogP contribution in [0, 0.1) is 0 Å².